The molecule has 5 heteroatoms. The van der Waals surface area contributed by atoms with Gasteiger partial charge in [-0.2, -0.15) is 0 Å². The Morgan fingerprint density at radius 2 is 2.10 bits per heavy atom. The standard InChI is InChI=1S/C16H23N3O2/c1-5-14(16-17-8-9-18-16)19-11(2)13-7-6-12(20-3)10-15(13)21-4/h6-11,14,19H,5H2,1-4H3,(H,17,18). The second kappa shape index (κ2) is 7.13. The van der Waals surface area contributed by atoms with Crippen LogP contribution >= 0.6 is 0 Å². The van der Waals surface area contributed by atoms with E-state index in [1.165, 1.54) is 0 Å². The van der Waals surface area contributed by atoms with E-state index in [1.54, 1.807) is 20.4 Å². The van der Waals surface area contributed by atoms with Crippen LogP contribution < -0.4 is 14.8 Å². The molecule has 0 saturated carbocycles. The van der Waals surface area contributed by atoms with Crippen LogP contribution in [0.1, 0.15) is 43.7 Å². The van der Waals surface area contributed by atoms with E-state index in [2.05, 4.69) is 29.1 Å². The van der Waals surface area contributed by atoms with Crippen LogP contribution in [0.25, 0.3) is 0 Å². The second-order valence-corrected chi connectivity index (χ2v) is 4.93. The summed E-state index contributed by atoms with van der Waals surface area (Å²) >= 11 is 0. The largest absolute Gasteiger partial charge is 0.497 e. The van der Waals surface area contributed by atoms with Crippen LogP contribution in [0.4, 0.5) is 0 Å². The third kappa shape index (κ3) is 3.55. The van der Waals surface area contributed by atoms with Gasteiger partial charge >= 0.3 is 0 Å². The number of methoxy groups -OCH3 is 2. The average molecular weight is 289 g/mol. The van der Waals surface area contributed by atoms with Crippen LogP contribution in [0, 0.1) is 0 Å². The molecule has 1 heterocycles. The summed E-state index contributed by atoms with van der Waals surface area (Å²) in [6.45, 7) is 4.26. The number of hydrogen-bond donors (Lipinski definition) is 2. The molecule has 114 valence electrons. The molecule has 2 unspecified atom stereocenters. The van der Waals surface area contributed by atoms with Crippen LogP contribution in [0.3, 0.4) is 0 Å². The number of aromatic amines is 1. The fourth-order valence-electron chi connectivity index (χ4n) is 2.43. The Labute approximate surface area is 125 Å². The minimum Gasteiger partial charge on any atom is -0.497 e. The van der Waals surface area contributed by atoms with Gasteiger partial charge in [-0.15, -0.1) is 0 Å². The number of nitrogens with zero attached hydrogens (tertiary/aromatic N) is 1. The number of hydrogen-bond acceptors (Lipinski definition) is 4. The van der Waals surface area contributed by atoms with E-state index < -0.39 is 0 Å². The highest BCUT2D eigenvalue weighted by atomic mass is 16.5. The highest BCUT2D eigenvalue weighted by molar-refractivity contribution is 5.42. The Bertz CT molecular complexity index is 555. The summed E-state index contributed by atoms with van der Waals surface area (Å²) in [5.74, 6) is 2.57. The van der Waals surface area contributed by atoms with Crippen molar-refractivity contribution in [3.63, 3.8) is 0 Å². The van der Waals surface area contributed by atoms with Crippen LogP contribution in [-0.4, -0.2) is 24.2 Å². The molecule has 21 heavy (non-hydrogen) atoms. The predicted molar refractivity (Wildman–Crippen MR) is 82.7 cm³/mol. The summed E-state index contributed by atoms with van der Waals surface area (Å²) in [6, 6.07) is 6.21. The molecule has 2 N–H and O–H groups in total. The van der Waals surface area contributed by atoms with Crippen molar-refractivity contribution in [1.82, 2.24) is 15.3 Å². The molecule has 1 aromatic carbocycles. The van der Waals surface area contributed by atoms with Crippen LogP contribution in [0.2, 0.25) is 0 Å². The Morgan fingerprint density at radius 3 is 2.67 bits per heavy atom. The third-order valence-corrected chi connectivity index (χ3v) is 3.62. The molecule has 1 aromatic heterocycles. The lowest BCUT2D eigenvalue weighted by Crippen LogP contribution is -2.25. The van der Waals surface area contributed by atoms with Gasteiger partial charge in [-0.05, 0) is 19.4 Å². The minimum absolute atomic E-state index is 0.140. The molecule has 2 atom stereocenters. The smallest absolute Gasteiger partial charge is 0.127 e. The fourth-order valence-corrected chi connectivity index (χ4v) is 2.43. The number of nitrogens with one attached hydrogen (secondary N) is 2. The Morgan fingerprint density at radius 1 is 1.29 bits per heavy atom. The zero-order valence-electron chi connectivity index (χ0n) is 13.0. The molecule has 0 spiro atoms. The van der Waals surface area contributed by atoms with Gasteiger partial charge in [-0.1, -0.05) is 13.0 Å². The molecule has 0 saturated heterocycles. The summed E-state index contributed by atoms with van der Waals surface area (Å²) in [6.07, 6.45) is 4.58. The lowest BCUT2D eigenvalue weighted by atomic mass is 10.0. The quantitative estimate of drug-likeness (QED) is 0.821. The number of aromatic nitrogens is 2. The number of H-pyrrole nitrogens is 1. The fraction of sp³-hybridized carbons (Fsp3) is 0.438. The van der Waals surface area contributed by atoms with Gasteiger partial charge in [0.25, 0.3) is 0 Å². The van der Waals surface area contributed by atoms with E-state index in [-0.39, 0.29) is 12.1 Å². The molecule has 0 aliphatic heterocycles. The van der Waals surface area contributed by atoms with E-state index in [1.807, 2.05) is 24.4 Å². The summed E-state index contributed by atoms with van der Waals surface area (Å²) < 4.78 is 10.7. The zero-order chi connectivity index (χ0) is 15.2. The molecule has 0 radical (unpaired) electrons. The molecule has 0 aliphatic carbocycles. The Balaban J connectivity index is 2.17. The highest BCUT2D eigenvalue weighted by Crippen LogP contribution is 2.30. The summed E-state index contributed by atoms with van der Waals surface area (Å²) in [5, 5.41) is 3.58. The maximum Gasteiger partial charge on any atom is 0.127 e. The predicted octanol–water partition coefficient (Wildman–Crippen LogP) is 3.23. The lowest BCUT2D eigenvalue weighted by molar-refractivity contribution is 0.378. The number of benzene rings is 1. The molecule has 0 fully saturated rings. The van der Waals surface area contributed by atoms with Crippen LogP contribution in [0.15, 0.2) is 30.6 Å². The lowest BCUT2D eigenvalue weighted by Gasteiger charge is -2.23. The van der Waals surface area contributed by atoms with E-state index in [0.29, 0.717) is 0 Å². The van der Waals surface area contributed by atoms with Gasteiger partial charge in [0.15, 0.2) is 0 Å². The van der Waals surface area contributed by atoms with Gasteiger partial charge in [-0.25, -0.2) is 4.98 Å². The maximum atomic E-state index is 5.47. The van der Waals surface area contributed by atoms with Gasteiger partial charge in [-0.3, -0.25) is 0 Å². The van der Waals surface area contributed by atoms with Crippen molar-refractivity contribution in [2.75, 3.05) is 14.2 Å². The second-order valence-electron chi connectivity index (χ2n) is 4.93. The number of imidazole rings is 1. The number of rotatable bonds is 7. The van der Waals surface area contributed by atoms with Gasteiger partial charge in [0, 0.05) is 30.1 Å². The zero-order valence-corrected chi connectivity index (χ0v) is 13.0. The SMILES string of the molecule is CCC(NC(C)c1ccc(OC)cc1OC)c1ncc[nH]1. The molecule has 0 aliphatic rings. The highest BCUT2D eigenvalue weighted by Gasteiger charge is 2.18. The van der Waals surface area contributed by atoms with E-state index in [9.17, 15) is 0 Å². The van der Waals surface area contributed by atoms with Crippen molar-refractivity contribution in [2.45, 2.75) is 32.4 Å². The first kappa shape index (κ1) is 15.4. The summed E-state index contributed by atoms with van der Waals surface area (Å²) in [7, 11) is 3.33. The van der Waals surface area contributed by atoms with Crippen molar-refractivity contribution in [1.29, 1.82) is 0 Å². The first-order valence-corrected chi connectivity index (χ1v) is 7.16. The van der Waals surface area contributed by atoms with Crippen molar-refractivity contribution < 1.29 is 9.47 Å². The monoisotopic (exact) mass is 289 g/mol. The van der Waals surface area contributed by atoms with E-state index in [4.69, 9.17) is 9.47 Å². The Kier molecular flexibility index (Phi) is 5.22. The number of ether oxygens (including phenoxy) is 2. The van der Waals surface area contributed by atoms with Gasteiger partial charge in [0.2, 0.25) is 0 Å². The van der Waals surface area contributed by atoms with E-state index >= 15 is 0 Å². The van der Waals surface area contributed by atoms with Gasteiger partial charge in [0.1, 0.15) is 17.3 Å². The maximum absolute atomic E-state index is 5.47. The first-order chi connectivity index (χ1) is 10.2. The van der Waals surface area contributed by atoms with Crippen molar-refractivity contribution >= 4 is 0 Å². The summed E-state index contributed by atoms with van der Waals surface area (Å²) in [4.78, 5) is 7.50. The van der Waals surface area contributed by atoms with Crippen molar-refractivity contribution in [3.8, 4) is 11.5 Å². The minimum atomic E-state index is 0.140. The molecular formula is C16H23N3O2. The molecule has 5 nitrogen and oxygen atoms in total. The molecule has 2 aromatic rings. The Hall–Kier alpha value is -2.01. The van der Waals surface area contributed by atoms with E-state index in [0.717, 1.165) is 29.3 Å². The van der Waals surface area contributed by atoms with Crippen LogP contribution in [0.5, 0.6) is 11.5 Å². The van der Waals surface area contributed by atoms with Crippen LogP contribution in [-0.2, 0) is 0 Å². The summed E-state index contributed by atoms with van der Waals surface area (Å²) in [5.41, 5.74) is 1.10. The molecular weight excluding hydrogens is 266 g/mol. The topological polar surface area (TPSA) is 59.2 Å². The van der Waals surface area contributed by atoms with Crippen molar-refractivity contribution in [2.24, 2.45) is 0 Å². The average Bonchev–Trinajstić information content (AvgIpc) is 3.05. The molecule has 2 rings (SSSR count). The molecule has 0 amide bonds. The molecule has 0 bridgehead atoms. The van der Waals surface area contributed by atoms with Gasteiger partial charge < -0.3 is 19.8 Å². The van der Waals surface area contributed by atoms with Gasteiger partial charge in [0.05, 0.1) is 20.3 Å². The van der Waals surface area contributed by atoms with Crippen molar-refractivity contribution in [3.05, 3.63) is 42.0 Å². The normalized spacial score (nSPS) is 13.7. The first-order valence-electron chi connectivity index (χ1n) is 7.16. The third-order valence-electron chi connectivity index (χ3n) is 3.62.